The van der Waals surface area contributed by atoms with E-state index in [2.05, 4.69) is 33.3 Å². The van der Waals surface area contributed by atoms with Crippen LogP contribution in [0.25, 0.3) is 0 Å². The molecule has 0 radical (unpaired) electrons. The second-order valence-corrected chi connectivity index (χ2v) is 3.89. The van der Waals surface area contributed by atoms with Gasteiger partial charge in [0.25, 0.3) is 0 Å². The minimum atomic E-state index is 0.750. The molecular formula is C12H6ClNO5W. The van der Waals surface area contributed by atoms with Crippen LogP contribution in [0.1, 0.15) is 5.56 Å². The zero-order chi connectivity index (χ0) is 17.6. The Hall–Kier alpha value is -1.27. The molecule has 8 heteroatoms. The number of hydrogen-bond donors (Lipinski definition) is 1. The van der Waals surface area contributed by atoms with E-state index in [-0.39, 0.29) is 0 Å². The first kappa shape index (κ1) is 31.2. The zero-order valence-corrected chi connectivity index (χ0v) is 13.4. The van der Waals surface area contributed by atoms with Crippen molar-refractivity contribution in [2.75, 3.05) is 0 Å². The van der Waals surface area contributed by atoms with Gasteiger partial charge in [0.1, 0.15) is 0 Å². The van der Waals surface area contributed by atoms with Crippen molar-refractivity contribution in [2.24, 2.45) is 5.73 Å². The molecule has 0 aliphatic heterocycles. The van der Waals surface area contributed by atoms with Gasteiger partial charge in [-0.15, -0.1) is 0 Å². The van der Waals surface area contributed by atoms with Crippen LogP contribution in [0.3, 0.4) is 0 Å². The molecule has 0 aromatic heterocycles. The van der Waals surface area contributed by atoms with Gasteiger partial charge >= 0.3 is 132 Å². The van der Waals surface area contributed by atoms with Gasteiger partial charge in [-0.3, -0.25) is 0 Å². The fraction of sp³-hybridized carbons (Fsp3) is 0. The second kappa shape index (κ2) is 36.1. The van der Waals surface area contributed by atoms with E-state index in [1.165, 1.54) is 19.4 Å². The molecule has 0 unspecified atom stereocenters. The predicted octanol–water partition coefficient (Wildman–Crippen LogP) is 1.14. The van der Waals surface area contributed by atoms with Crippen molar-refractivity contribution in [3.05, 3.63) is 68.1 Å². The number of benzene rings is 1. The Balaban J connectivity index is -0.0000000639. The van der Waals surface area contributed by atoms with Gasteiger partial charge in [0.2, 0.25) is 0 Å². The molecule has 2 N–H and O–H groups in total. The summed E-state index contributed by atoms with van der Waals surface area (Å²) in [6.45, 7) is 22.5. The molecule has 6 nitrogen and oxygen atoms in total. The average molecular weight is 463 g/mol. The summed E-state index contributed by atoms with van der Waals surface area (Å²) in [7, 11) is 0. The fourth-order valence-electron chi connectivity index (χ4n) is 0.614. The number of nitrogens with two attached hydrogens (primary N) is 1. The summed E-state index contributed by atoms with van der Waals surface area (Å²) in [5, 5.41) is 0.750. The van der Waals surface area contributed by atoms with Crippen LogP contribution >= 0.6 is 11.6 Å². The monoisotopic (exact) mass is 463 g/mol. The van der Waals surface area contributed by atoms with Crippen molar-refractivity contribution in [1.29, 1.82) is 0 Å². The number of halogens is 1. The molecule has 20 heavy (non-hydrogen) atoms. The molecule has 0 fully saturated rings. The summed E-state index contributed by atoms with van der Waals surface area (Å²) in [6.07, 6.45) is 0. The molecule has 0 heterocycles. The van der Waals surface area contributed by atoms with Crippen molar-refractivity contribution in [3.63, 3.8) is 0 Å². The summed E-state index contributed by atoms with van der Waals surface area (Å²) in [5.41, 5.74) is 6.64. The summed E-state index contributed by atoms with van der Waals surface area (Å²) < 4.78 is 38.4. The SMILES string of the molecule is N[C](=[W])c1ccc(Cl)cc1.[C-]#[O+].[C-]#[O+].[C-]#[O+].[C-]#[O+].[C-]#[O+]. The molecule has 0 saturated carbocycles. The van der Waals surface area contributed by atoms with E-state index in [9.17, 15) is 0 Å². The number of hydrogen-bond acceptors (Lipinski definition) is 1. The van der Waals surface area contributed by atoms with E-state index in [0.29, 0.717) is 0 Å². The van der Waals surface area contributed by atoms with E-state index in [0.717, 1.165) is 14.6 Å². The summed E-state index contributed by atoms with van der Waals surface area (Å²) >= 11 is 6.96. The Morgan fingerprint density at radius 1 is 0.800 bits per heavy atom. The minimum absolute atomic E-state index is 0.750. The molecule has 0 aliphatic rings. The standard InChI is InChI=1S/C7H6ClN.5CO.W/c8-7-3-1-6(5-9)2-4-7;5*1-2;/h1-4H,9H2;;;;;;. The Labute approximate surface area is 132 Å². The Bertz CT molecular complexity index is 399. The maximum absolute atomic E-state index is 7.50. The van der Waals surface area contributed by atoms with Crippen molar-refractivity contribution >= 4 is 15.6 Å². The van der Waals surface area contributed by atoms with Gasteiger partial charge < -0.3 is 0 Å². The van der Waals surface area contributed by atoms with Gasteiger partial charge in [-0.2, -0.15) is 0 Å². The third-order valence-corrected chi connectivity index (χ3v) is 2.23. The molecule has 0 aliphatic carbocycles. The van der Waals surface area contributed by atoms with Crippen LogP contribution in [0.15, 0.2) is 24.3 Å². The molecule has 102 valence electrons. The first-order chi connectivity index (χ1) is 9.70. The second-order valence-electron chi connectivity index (χ2n) is 1.87. The Morgan fingerprint density at radius 2 is 1.05 bits per heavy atom. The van der Waals surface area contributed by atoms with Crippen molar-refractivity contribution in [2.45, 2.75) is 0 Å². The molecule has 1 rings (SSSR count). The van der Waals surface area contributed by atoms with Gasteiger partial charge in [-0.1, -0.05) is 0 Å². The molecule has 0 saturated heterocycles. The van der Waals surface area contributed by atoms with Gasteiger partial charge in [0.05, 0.1) is 0 Å². The van der Waals surface area contributed by atoms with Crippen LogP contribution in [0.4, 0.5) is 0 Å². The van der Waals surface area contributed by atoms with Gasteiger partial charge in [-0.05, 0) is 0 Å². The molecule has 0 spiro atoms. The molecule has 1 aromatic carbocycles. The third kappa shape index (κ3) is 25.5. The number of rotatable bonds is 1. The van der Waals surface area contributed by atoms with Gasteiger partial charge in [-0.25, -0.2) is 0 Å². The molecule has 0 bridgehead atoms. The fourth-order valence-corrected chi connectivity index (χ4v) is 1.23. The summed E-state index contributed by atoms with van der Waals surface area (Å²) in [5.74, 6) is 0. The third-order valence-electron chi connectivity index (χ3n) is 1.13. The normalized spacial score (nSPS) is 5.20. The van der Waals surface area contributed by atoms with Crippen LogP contribution < -0.4 is 5.73 Å². The van der Waals surface area contributed by atoms with E-state index in [4.69, 9.17) is 40.6 Å². The van der Waals surface area contributed by atoms with Crippen molar-refractivity contribution in [1.82, 2.24) is 0 Å². The first-order valence-electron chi connectivity index (χ1n) is 3.77. The first-order valence-corrected chi connectivity index (χ1v) is 5.62. The predicted molar refractivity (Wildman–Crippen MR) is 59.4 cm³/mol. The Morgan fingerprint density at radius 3 is 1.25 bits per heavy atom. The zero-order valence-electron chi connectivity index (χ0n) is 9.71. The average Bonchev–Trinajstić information content (AvgIpc) is 2.57. The van der Waals surface area contributed by atoms with Crippen LogP contribution in [-0.2, 0) is 42.6 Å². The van der Waals surface area contributed by atoms with Crippen LogP contribution in [-0.4, -0.2) is 4.02 Å². The van der Waals surface area contributed by atoms with Gasteiger partial charge in [0, 0.05) is 0 Å². The van der Waals surface area contributed by atoms with E-state index >= 15 is 0 Å². The van der Waals surface area contributed by atoms with Crippen LogP contribution in [0, 0.1) is 33.3 Å². The quantitative estimate of drug-likeness (QED) is 0.487. The molecule has 0 amide bonds. The summed E-state index contributed by atoms with van der Waals surface area (Å²) in [6, 6.07) is 7.52. The van der Waals surface area contributed by atoms with E-state index < -0.39 is 0 Å². The van der Waals surface area contributed by atoms with Crippen LogP contribution in [0.5, 0.6) is 0 Å². The van der Waals surface area contributed by atoms with Gasteiger partial charge in [0.15, 0.2) is 0 Å². The topological polar surface area (TPSA) is 126 Å². The maximum atomic E-state index is 7.50. The van der Waals surface area contributed by atoms with Crippen LogP contribution in [0.2, 0.25) is 5.02 Å². The van der Waals surface area contributed by atoms with Crippen molar-refractivity contribution in [3.8, 4) is 0 Å². The molecular weight excluding hydrogens is 457 g/mol. The molecule has 0 atom stereocenters. The molecule has 1 aromatic rings. The Kier molecular flexibility index (Phi) is 56.3. The van der Waals surface area contributed by atoms with E-state index in [1.807, 2.05) is 24.3 Å². The van der Waals surface area contributed by atoms with Crippen molar-refractivity contribution < 1.29 is 42.6 Å². The summed E-state index contributed by atoms with van der Waals surface area (Å²) in [4.78, 5) is 0. The van der Waals surface area contributed by atoms with E-state index in [1.54, 1.807) is 0 Å².